The van der Waals surface area contributed by atoms with E-state index in [1.807, 2.05) is 0 Å². The summed E-state index contributed by atoms with van der Waals surface area (Å²) in [6.07, 6.45) is -5.83. The predicted octanol–water partition coefficient (Wildman–Crippen LogP) is 0.0865. The van der Waals surface area contributed by atoms with Gasteiger partial charge in [0.25, 0.3) is 0 Å². The lowest BCUT2D eigenvalue weighted by Crippen LogP contribution is -2.57. The zero-order valence-corrected chi connectivity index (χ0v) is 8.58. The Morgan fingerprint density at radius 3 is 2.71 bits per heavy atom. The van der Waals surface area contributed by atoms with Crippen LogP contribution in [0.4, 0.5) is 13.2 Å². The Morgan fingerprint density at radius 1 is 1.71 bits per heavy atom. The maximum atomic E-state index is 12.7. The van der Waals surface area contributed by atoms with Crippen LogP contribution in [0.25, 0.3) is 0 Å². The number of hydrogen-bond donors (Lipinski definition) is 1. The Morgan fingerprint density at radius 2 is 2.29 bits per heavy atom. The van der Waals surface area contributed by atoms with Crippen LogP contribution in [0.1, 0.15) is 6.42 Å². The van der Waals surface area contributed by atoms with Crippen LogP contribution in [0.3, 0.4) is 0 Å². The van der Waals surface area contributed by atoms with Crippen LogP contribution < -0.4 is 5.43 Å². The molecule has 7 nitrogen and oxygen atoms in total. The van der Waals surface area contributed by atoms with Gasteiger partial charge in [-0.3, -0.25) is 15.5 Å². The summed E-state index contributed by atoms with van der Waals surface area (Å²) in [6.45, 7) is -1.42. The van der Waals surface area contributed by atoms with E-state index in [0.717, 1.165) is 7.11 Å². The number of alkyl halides is 3. The third-order valence-electron chi connectivity index (χ3n) is 2.24. The highest BCUT2D eigenvalue weighted by Crippen LogP contribution is 2.36. The van der Waals surface area contributed by atoms with Crippen LogP contribution in [0.15, 0.2) is 5.10 Å². The van der Waals surface area contributed by atoms with Gasteiger partial charge in [-0.2, -0.15) is 18.3 Å². The minimum absolute atomic E-state index is 0.522. The zero-order chi connectivity index (χ0) is 13.3. The van der Waals surface area contributed by atoms with E-state index in [1.54, 1.807) is 5.43 Å². The lowest BCUT2D eigenvalue weighted by atomic mass is 9.94. The van der Waals surface area contributed by atoms with E-state index in [4.69, 9.17) is 0 Å². The molecule has 1 N–H and O–H groups in total. The van der Waals surface area contributed by atoms with Crippen molar-refractivity contribution in [3.05, 3.63) is 10.1 Å². The number of carbonyl (C=O) groups is 1. The molecule has 0 amide bonds. The Bertz CT molecular complexity index is 381. The number of halogens is 3. The molecule has 1 unspecified atom stereocenters. The molecule has 0 aromatic heterocycles. The van der Waals surface area contributed by atoms with E-state index in [1.165, 1.54) is 0 Å². The van der Waals surface area contributed by atoms with Gasteiger partial charge in [0.1, 0.15) is 5.71 Å². The maximum Gasteiger partial charge on any atom is 0.419 e. The molecular weight excluding hydrogens is 247 g/mol. The molecule has 1 aliphatic rings. The molecule has 1 heterocycles. The molecule has 0 fully saturated rings. The van der Waals surface area contributed by atoms with Crippen LogP contribution in [0, 0.1) is 10.1 Å². The number of hydrogen-bond acceptors (Lipinski definition) is 6. The van der Waals surface area contributed by atoms with E-state index in [9.17, 15) is 28.1 Å². The predicted molar refractivity (Wildman–Crippen MR) is 47.9 cm³/mol. The molecule has 0 saturated carbocycles. The average molecular weight is 255 g/mol. The molecule has 1 aliphatic heterocycles. The monoisotopic (exact) mass is 255 g/mol. The summed E-state index contributed by atoms with van der Waals surface area (Å²) in [7, 11) is 0.978. The molecular formula is C7H8F3N3O4. The number of hydrazone groups is 1. The van der Waals surface area contributed by atoms with Crippen molar-refractivity contribution >= 4 is 11.7 Å². The molecule has 0 spiro atoms. The van der Waals surface area contributed by atoms with Crippen LogP contribution >= 0.6 is 0 Å². The number of nitro groups is 1. The number of nitrogens with one attached hydrogen (secondary N) is 1. The van der Waals surface area contributed by atoms with Gasteiger partial charge in [-0.05, 0) is 0 Å². The number of esters is 1. The first kappa shape index (κ1) is 13.2. The van der Waals surface area contributed by atoms with Crippen molar-refractivity contribution in [1.29, 1.82) is 0 Å². The number of rotatable bonds is 3. The van der Waals surface area contributed by atoms with Gasteiger partial charge < -0.3 is 4.74 Å². The summed E-state index contributed by atoms with van der Waals surface area (Å²) >= 11 is 0. The lowest BCUT2D eigenvalue weighted by Gasteiger charge is -2.26. The second kappa shape index (κ2) is 4.18. The molecule has 0 bridgehead atoms. The van der Waals surface area contributed by atoms with Crippen LogP contribution in [0.5, 0.6) is 0 Å². The van der Waals surface area contributed by atoms with Crippen molar-refractivity contribution in [3.8, 4) is 0 Å². The molecule has 1 atom stereocenters. The summed E-state index contributed by atoms with van der Waals surface area (Å²) in [5.41, 5.74) is -1.74. The van der Waals surface area contributed by atoms with Gasteiger partial charge in [0.2, 0.25) is 12.1 Å². The maximum absolute atomic E-state index is 12.7. The molecule has 0 aliphatic carbocycles. The summed E-state index contributed by atoms with van der Waals surface area (Å²) in [4.78, 5) is 20.1. The molecule has 0 saturated heterocycles. The molecule has 10 heteroatoms. The van der Waals surface area contributed by atoms with Gasteiger partial charge in [-0.25, -0.2) is 4.79 Å². The van der Waals surface area contributed by atoms with Crippen molar-refractivity contribution in [2.75, 3.05) is 13.7 Å². The summed E-state index contributed by atoms with van der Waals surface area (Å²) in [5, 5.41) is 13.4. The minimum Gasteiger partial charge on any atom is -0.464 e. The molecule has 1 rings (SSSR count). The Labute approximate surface area is 92.8 Å². The molecule has 0 aromatic carbocycles. The van der Waals surface area contributed by atoms with Gasteiger partial charge in [0.05, 0.1) is 7.11 Å². The Hall–Kier alpha value is -1.87. The van der Waals surface area contributed by atoms with Gasteiger partial charge in [-0.15, -0.1) is 0 Å². The highest BCUT2D eigenvalue weighted by atomic mass is 19.4. The minimum atomic E-state index is -4.90. The molecule has 0 radical (unpaired) electrons. The smallest absolute Gasteiger partial charge is 0.419 e. The second-order valence-corrected chi connectivity index (χ2v) is 3.41. The third kappa shape index (κ3) is 2.45. The van der Waals surface area contributed by atoms with E-state index in [0.29, 0.717) is 0 Å². The van der Waals surface area contributed by atoms with Crippen molar-refractivity contribution in [1.82, 2.24) is 5.43 Å². The van der Waals surface area contributed by atoms with Crippen molar-refractivity contribution in [2.45, 2.75) is 18.1 Å². The fourth-order valence-corrected chi connectivity index (χ4v) is 1.34. The quantitative estimate of drug-likeness (QED) is 0.438. The highest BCUT2D eigenvalue weighted by Gasteiger charge is 2.62. The topological polar surface area (TPSA) is 93.8 Å². The molecule has 17 heavy (non-hydrogen) atoms. The number of methoxy groups -OCH3 is 1. The first-order valence-corrected chi connectivity index (χ1v) is 4.32. The largest absolute Gasteiger partial charge is 0.464 e. The van der Waals surface area contributed by atoms with E-state index in [-0.39, 0.29) is 0 Å². The Balaban J connectivity index is 2.93. The van der Waals surface area contributed by atoms with Crippen LogP contribution in [-0.4, -0.2) is 42.0 Å². The zero-order valence-electron chi connectivity index (χ0n) is 8.58. The van der Waals surface area contributed by atoms with Crippen LogP contribution in [-0.2, 0) is 9.53 Å². The normalized spacial score (nSPS) is 23.9. The lowest BCUT2D eigenvalue weighted by molar-refractivity contribution is -0.501. The number of nitrogens with zero attached hydrogens (tertiary/aromatic N) is 2. The number of carbonyl (C=O) groups excluding carboxylic acids is 1. The second-order valence-electron chi connectivity index (χ2n) is 3.41. The van der Waals surface area contributed by atoms with Crippen LogP contribution in [0.2, 0.25) is 0 Å². The van der Waals surface area contributed by atoms with Crippen molar-refractivity contribution < 1.29 is 27.6 Å². The van der Waals surface area contributed by atoms with E-state index in [2.05, 4.69) is 9.84 Å². The van der Waals surface area contributed by atoms with Gasteiger partial charge >= 0.3 is 12.1 Å². The first-order valence-electron chi connectivity index (χ1n) is 4.32. The fourth-order valence-electron chi connectivity index (χ4n) is 1.34. The van der Waals surface area contributed by atoms with E-state index < -0.39 is 41.3 Å². The highest BCUT2D eigenvalue weighted by molar-refractivity contribution is 6.37. The van der Waals surface area contributed by atoms with Gasteiger partial charge in [0, 0.05) is 11.3 Å². The standard InChI is InChI=1S/C7H8F3N3O4/c1-17-5(14)4-2-6(12-11-4,3-13(15)16)7(8,9)10/h12H,2-3H2,1H3. The SMILES string of the molecule is COC(=O)C1=NNC(C[N+](=O)[O-])(C(F)(F)F)C1. The summed E-state index contributed by atoms with van der Waals surface area (Å²) in [5.74, 6) is -1.05. The Kier molecular flexibility index (Phi) is 3.25. The van der Waals surface area contributed by atoms with Crippen molar-refractivity contribution in [3.63, 3.8) is 0 Å². The summed E-state index contributed by atoms with van der Waals surface area (Å²) in [6, 6.07) is 0. The van der Waals surface area contributed by atoms with Gasteiger partial charge in [0.15, 0.2) is 0 Å². The average Bonchev–Trinajstić information content (AvgIpc) is 2.60. The number of ether oxygens (including phenoxy) is 1. The molecule has 0 aromatic rings. The molecule has 96 valence electrons. The van der Waals surface area contributed by atoms with Crippen molar-refractivity contribution in [2.24, 2.45) is 5.10 Å². The van der Waals surface area contributed by atoms with Gasteiger partial charge in [-0.1, -0.05) is 0 Å². The van der Waals surface area contributed by atoms with E-state index >= 15 is 0 Å². The fraction of sp³-hybridized carbons (Fsp3) is 0.714. The first-order chi connectivity index (χ1) is 7.72. The summed E-state index contributed by atoms with van der Waals surface area (Å²) < 4.78 is 42.4. The third-order valence-corrected chi connectivity index (χ3v) is 2.24.